The van der Waals surface area contributed by atoms with E-state index in [1.165, 1.54) is 0 Å². The molecular weight excluding hydrogens is 238 g/mol. The lowest BCUT2D eigenvalue weighted by atomic mass is 9.97. The van der Waals surface area contributed by atoms with Crippen molar-refractivity contribution in [2.45, 2.75) is 6.42 Å². The van der Waals surface area contributed by atoms with Crippen molar-refractivity contribution in [2.75, 3.05) is 5.32 Å². The van der Waals surface area contributed by atoms with E-state index in [9.17, 15) is 4.79 Å². The predicted octanol–water partition coefficient (Wildman–Crippen LogP) is 3.44. The predicted molar refractivity (Wildman–Crippen MR) is 75.0 cm³/mol. The lowest BCUT2D eigenvalue weighted by Crippen LogP contribution is -2.16. The molecule has 0 fully saturated rings. The molecule has 0 aliphatic carbocycles. The van der Waals surface area contributed by atoms with E-state index < -0.39 is 0 Å². The summed E-state index contributed by atoms with van der Waals surface area (Å²) in [6.07, 6.45) is 0.617. The van der Waals surface area contributed by atoms with Crippen LogP contribution in [0, 0.1) is 0 Å². The maximum Gasteiger partial charge on any atom is 0.341 e. The van der Waals surface area contributed by atoms with Gasteiger partial charge in [-0.15, -0.1) is 0 Å². The van der Waals surface area contributed by atoms with Gasteiger partial charge in [0.15, 0.2) is 0 Å². The maximum atomic E-state index is 12.1. The second-order valence-corrected chi connectivity index (χ2v) is 4.70. The first kappa shape index (κ1) is 10.4. The van der Waals surface area contributed by atoms with Crippen molar-refractivity contribution < 1.29 is 4.42 Å². The fourth-order valence-corrected chi connectivity index (χ4v) is 2.61. The van der Waals surface area contributed by atoms with Gasteiger partial charge in [-0.3, -0.25) is 0 Å². The molecule has 0 saturated heterocycles. The molecule has 0 radical (unpaired) electrons. The Kier molecular flexibility index (Phi) is 2.03. The summed E-state index contributed by atoms with van der Waals surface area (Å²) in [7, 11) is 0. The topological polar surface area (TPSA) is 42.2 Å². The monoisotopic (exact) mass is 249 g/mol. The van der Waals surface area contributed by atoms with Crippen molar-refractivity contribution >= 4 is 22.3 Å². The minimum atomic E-state index is -0.254. The van der Waals surface area contributed by atoms with E-state index >= 15 is 0 Å². The van der Waals surface area contributed by atoms with E-state index in [2.05, 4.69) is 5.32 Å². The molecule has 1 aliphatic rings. The van der Waals surface area contributed by atoms with E-state index in [0.717, 1.165) is 22.3 Å². The number of fused-ring (bicyclic) bond motifs is 4. The lowest BCUT2D eigenvalue weighted by Gasteiger charge is -2.21. The van der Waals surface area contributed by atoms with Crippen molar-refractivity contribution in [3.8, 4) is 0 Å². The van der Waals surface area contributed by atoms with Gasteiger partial charge in [0.2, 0.25) is 0 Å². The Morgan fingerprint density at radius 3 is 2.74 bits per heavy atom. The lowest BCUT2D eigenvalue weighted by molar-refractivity contribution is 0.553. The number of benzene rings is 2. The number of hydrogen-bond donors (Lipinski definition) is 1. The Hall–Kier alpha value is -2.55. The van der Waals surface area contributed by atoms with Gasteiger partial charge in [-0.05, 0) is 23.8 Å². The third kappa shape index (κ3) is 1.48. The van der Waals surface area contributed by atoms with Crippen LogP contribution in [0.4, 0.5) is 11.4 Å². The van der Waals surface area contributed by atoms with Crippen LogP contribution in [0.5, 0.6) is 0 Å². The van der Waals surface area contributed by atoms with Crippen LogP contribution >= 0.6 is 0 Å². The van der Waals surface area contributed by atoms with Gasteiger partial charge < -0.3 is 9.73 Å². The van der Waals surface area contributed by atoms with E-state index in [1.54, 1.807) is 0 Å². The van der Waals surface area contributed by atoms with Gasteiger partial charge in [-0.2, -0.15) is 0 Å². The van der Waals surface area contributed by atoms with Gasteiger partial charge in [-0.25, -0.2) is 4.79 Å². The van der Waals surface area contributed by atoms with Gasteiger partial charge in [0.05, 0.1) is 11.3 Å². The van der Waals surface area contributed by atoms with Crippen LogP contribution < -0.4 is 10.9 Å². The Balaban J connectivity index is 2.05. The van der Waals surface area contributed by atoms with Gasteiger partial charge in [-0.1, -0.05) is 30.3 Å². The zero-order valence-electron chi connectivity index (χ0n) is 10.1. The summed E-state index contributed by atoms with van der Waals surface area (Å²) in [5.41, 5.74) is 4.14. The van der Waals surface area contributed by atoms with E-state index in [4.69, 9.17) is 4.42 Å². The highest BCUT2D eigenvalue weighted by atomic mass is 16.4. The molecule has 2 heterocycles. The molecule has 1 aromatic heterocycles. The van der Waals surface area contributed by atoms with Crippen LogP contribution in [-0.4, -0.2) is 0 Å². The molecule has 3 aromatic rings. The quantitative estimate of drug-likeness (QED) is 0.485. The highest BCUT2D eigenvalue weighted by molar-refractivity contribution is 5.94. The summed E-state index contributed by atoms with van der Waals surface area (Å²) in [5, 5.41) is 4.31. The molecule has 1 N–H and O–H groups in total. The zero-order valence-corrected chi connectivity index (χ0v) is 10.1. The Labute approximate surface area is 109 Å². The Bertz CT molecular complexity index is 849. The van der Waals surface area contributed by atoms with Gasteiger partial charge >= 0.3 is 5.63 Å². The Morgan fingerprint density at radius 1 is 1.00 bits per heavy atom. The minimum absolute atomic E-state index is 0.254. The smallest absolute Gasteiger partial charge is 0.341 e. The molecule has 4 rings (SSSR count). The van der Waals surface area contributed by atoms with Crippen molar-refractivity contribution in [3.05, 3.63) is 70.1 Å². The fourth-order valence-electron chi connectivity index (χ4n) is 2.61. The molecule has 3 heteroatoms. The van der Waals surface area contributed by atoms with Crippen molar-refractivity contribution in [1.82, 2.24) is 0 Å². The fraction of sp³-hybridized carbons (Fsp3) is 0.0625. The van der Waals surface area contributed by atoms with Crippen molar-refractivity contribution in [2.24, 2.45) is 0 Å². The number of para-hydroxylation sites is 2. The molecule has 0 amide bonds. The van der Waals surface area contributed by atoms with Crippen LogP contribution in [0.25, 0.3) is 11.0 Å². The molecule has 2 aromatic carbocycles. The first-order valence-corrected chi connectivity index (χ1v) is 6.22. The standard InChI is InChI=1S/C16H11NO2/c18-16-12-9-10-5-1-3-7-13(10)17-15(12)11-6-2-4-8-14(11)19-16/h1-8,17H,9H2. The van der Waals surface area contributed by atoms with E-state index in [-0.39, 0.29) is 5.63 Å². The number of nitrogens with one attached hydrogen (secondary N) is 1. The molecule has 0 spiro atoms. The van der Waals surface area contributed by atoms with Crippen LogP contribution in [0.1, 0.15) is 11.1 Å². The van der Waals surface area contributed by atoms with E-state index in [0.29, 0.717) is 17.6 Å². The molecular formula is C16H11NO2. The van der Waals surface area contributed by atoms with E-state index in [1.807, 2.05) is 48.5 Å². The molecule has 1 aliphatic heterocycles. The first-order valence-electron chi connectivity index (χ1n) is 6.22. The molecule has 0 atom stereocenters. The first-order chi connectivity index (χ1) is 9.33. The van der Waals surface area contributed by atoms with Gasteiger partial charge in [0, 0.05) is 17.5 Å². The van der Waals surface area contributed by atoms with Gasteiger partial charge in [0.25, 0.3) is 0 Å². The number of rotatable bonds is 0. The summed E-state index contributed by atoms with van der Waals surface area (Å²) < 4.78 is 5.38. The number of anilines is 2. The van der Waals surface area contributed by atoms with Crippen LogP contribution in [0.15, 0.2) is 57.7 Å². The molecule has 19 heavy (non-hydrogen) atoms. The zero-order chi connectivity index (χ0) is 12.8. The third-order valence-electron chi connectivity index (χ3n) is 3.55. The number of hydrogen-bond acceptors (Lipinski definition) is 3. The molecule has 0 unspecified atom stereocenters. The largest absolute Gasteiger partial charge is 0.422 e. The van der Waals surface area contributed by atoms with Crippen molar-refractivity contribution in [1.29, 1.82) is 0 Å². The molecule has 0 saturated carbocycles. The minimum Gasteiger partial charge on any atom is -0.422 e. The van der Waals surface area contributed by atoms with Crippen LogP contribution in [0.3, 0.4) is 0 Å². The highest BCUT2D eigenvalue weighted by Gasteiger charge is 2.20. The SMILES string of the molecule is O=c1oc2ccccc2c2c1Cc1ccccc1N2. The molecule has 92 valence electrons. The third-order valence-corrected chi connectivity index (χ3v) is 3.55. The van der Waals surface area contributed by atoms with Crippen LogP contribution in [-0.2, 0) is 6.42 Å². The van der Waals surface area contributed by atoms with Crippen LogP contribution in [0.2, 0.25) is 0 Å². The molecule has 3 nitrogen and oxygen atoms in total. The summed E-state index contributed by atoms with van der Waals surface area (Å²) in [4.78, 5) is 12.1. The summed E-state index contributed by atoms with van der Waals surface area (Å²) in [6, 6.07) is 15.6. The average Bonchev–Trinajstić information content (AvgIpc) is 2.46. The normalized spacial score (nSPS) is 12.6. The summed E-state index contributed by atoms with van der Waals surface area (Å²) in [5.74, 6) is 0. The Morgan fingerprint density at radius 2 is 1.79 bits per heavy atom. The highest BCUT2D eigenvalue weighted by Crippen LogP contribution is 2.35. The second-order valence-electron chi connectivity index (χ2n) is 4.70. The second kappa shape index (κ2) is 3.72. The van der Waals surface area contributed by atoms with Gasteiger partial charge in [0.1, 0.15) is 5.58 Å². The maximum absolute atomic E-state index is 12.1. The summed E-state index contributed by atoms with van der Waals surface area (Å²) in [6.45, 7) is 0. The van der Waals surface area contributed by atoms with Crippen molar-refractivity contribution in [3.63, 3.8) is 0 Å². The summed E-state index contributed by atoms with van der Waals surface area (Å²) >= 11 is 0. The molecule has 0 bridgehead atoms. The average molecular weight is 249 g/mol.